The Labute approximate surface area is 140 Å². The van der Waals surface area contributed by atoms with Crippen LogP contribution in [0.2, 0.25) is 0 Å². The van der Waals surface area contributed by atoms with Gasteiger partial charge in [-0.1, -0.05) is 6.07 Å². The molecule has 0 atom stereocenters. The highest BCUT2D eigenvalue weighted by atomic mass is 16.5. The molecule has 122 valence electrons. The fourth-order valence-corrected chi connectivity index (χ4v) is 2.61. The molecule has 0 spiro atoms. The molecule has 3 aromatic rings. The number of nitrogens with zero attached hydrogens (tertiary/aromatic N) is 1. The van der Waals surface area contributed by atoms with Crippen molar-refractivity contribution < 1.29 is 14.3 Å². The number of carbonyl (C=O) groups is 1. The van der Waals surface area contributed by atoms with Crippen LogP contribution in [0.4, 0.5) is 5.69 Å². The number of hydrogen-bond acceptors (Lipinski definition) is 4. The maximum atomic E-state index is 12.6. The molecule has 0 aliphatic rings. The van der Waals surface area contributed by atoms with Crippen molar-refractivity contribution in [2.75, 3.05) is 19.5 Å². The lowest BCUT2D eigenvalue weighted by Crippen LogP contribution is -2.13. The van der Waals surface area contributed by atoms with Gasteiger partial charge in [0.2, 0.25) is 0 Å². The molecule has 0 fully saturated rings. The second-order valence-electron chi connectivity index (χ2n) is 5.41. The van der Waals surface area contributed by atoms with Crippen molar-refractivity contribution >= 4 is 22.5 Å². The summed E-state index contributed by atoms with van der Waals surface area (Å²) in [6.07, 6.45) is 1.71. The molecule has 0 saturated carbocycles. The summed E-state index contributed by atoms with van der Waals surface area (Å²) < 4.78 is 10.4. The average molecular weight is 322 g/mol. The quantitative estimate of drug-likeness (QED) is 0.793. The second kappa shape index (κ2) is 6.58. The highest BCUT2D eigenvalue weighted by Crippen LogP contribution is 2.29. The van der Waals surface area contributed by atoms with E-state index < -0.39 is 0 Å². The van der Waals surface area contributed by atoms with Crippen molar-refractivity contribution in [1.82, 2.24) is 4.98 Å². The van der Waals surface area contributed by atoms with E-state index in [0.717, 1.165) is 16.5 Å². The smallest absolute Gasteiger partial charge is 0.255 e. The number of anilines is 1. The number of methoxy groups -OCH3 is 2. The molecule has 5 heteroatoms. The molecule has 1 heterocycles. The van der Waals surface area contributed by atoms with E-state index in [2.05, 4.69) is 10.3 Å². The van der Waals surface area contributed by atoms with Crippen LogP contribution in [0.25, 0.3) is 10.9 Å². The van der Waals surface area contributed by atoms with Gasteiger partial charge in [-0.25, -0.2) is 0 Å². The first-order valence-electron chi connectivity index (χ1n) is 7.51. The number of nitrogens with one attached hydrogen (secondary N) is 1. The van der Waals surface area contributed by atoms with Crippen molar-refractivity contribution in [3.05, 3.63) is 59.8 Å². The van der Waals surface area contributed by atoms with E-state index in [9.17, 15) is 4.79 Å². The summed E-state index contributed by atoms with van der Waals surface area (Å²) in [5.74, 6) is 0.864. The van der Waals surface area contributed by atoms with E-state index in [-0.39, 0.29) is 5.91 Å². The number of benzene rings is 2. The molecule has 0 radical (unpaired) electrons. The lowest BCUT2D eigenvalue weighted by molar-refractivity contribution is 0.102. The van der Waals surface area contributed by atoms with Gasteiger partial charge >= 0.3 is 0 Å². The fraction of sp³-hybridized carbons (Fsp3) is 0.158. The summed E-state index contributed by atoms with van der Waals surface area (Å²) >= 11 is 0. The molecule has 0 saturated heterocycles. The van der Waals surface area contributed by atoms with Gasteiger partial charge in [0.1, 0.15) is 0 Å². The molecule has 0 aliphatic carbocycles. The van der Waals surface area contributed by atoms with E-state index in [1.807, 2.05) is 31.2 Å². The zero-order valence-corrected chi connectivity index (χ0v) is 13.8. The molecule has 0 aliphatic heterocycles. The number of pyridine rings is 1. The number of fused-ring (bicyclic) bond motifs is 1. The minimum absolute atomic E-state index is 0.228. The van der Waals surface area contributed by atoms with Gasteiger partial charge in [0, 0.05) is 17.1 Å². The molecule has 1 amide bonds. The Morgan fingerprint density at radius 2 is 1.83 bits per heavy atom. The van der Waals surface area contributed by atoms with Gasteiger partial charge < -0.3 is 14.8 Å². The molecular formula is C19H18N2O3. The molecule has 3 rings (SSSR count). The maximum Gasteiger partial charge on any atom is 0.255 e. The lowest BCUT2D eigenvalue weighted by Gasteiger charge is -2.11. The first-order chi connectivity index (χ1) is 11.6. The van der Waals surface area contributed by atoms with Gasteiger partial charge in [0.25, 0.3) is 5.91 Å². The standard InChI is InChI=1S/C19H18N2O3/c1-12-9-13-5-4-8-20-18(13)15(10-12)21-19(22)14-6-7-16(23-2)17(11-14)24-3/h4-11H,1-3H3,(H,21,22). The van der Waals surface area contributed by atoms with Crippen LogP contribution in [0.3, 0.4) is 0 Å². The third-order valence-electron chi connectivity index (χ3n) is 3.74. The van der Waals surface area contributed by atoms with E-state index in [0.29, 0.717) is 22.7 Å². The van der Waals surface area contributed by atoms with Crippen LogP contribution in [0.5, 0.6) is 11.5 Å². The topological polar surface area (TPSA) is 60.5 Å². The molecular weight excluding hydrogens is 304 g/mol. The van der Waals surface area contributed by atoms with Crippen LogP contribution < -0.4 is 14.8 Å². The van der Waals surface area contributed by atoms with E-state index in [1.165, 1.54) is 7.11 Å². The maximum absolute atomic E-state index is 12.6. The van der Waals surface area contributed by atoms with Gasteiger partial charge in [-0.2, -0.15) is 0 Å². The normalized spacial score (nSPS) is 10.5. The Kier molecular flexibility index (Phi) is 4.33. The Bertz CT molecular complexity index is 906. The first kappa shape index (κ1) is 15.8. The number of ether oxygens (including phenoxy) is 2. The zero-order valence-electron chi connectivity index (χ0n) is 13.8. The van der Waals surface area contributed by atoms with Gasteiger partial charge in [-0.3, -0.25) is 9.78 Å². The van der Waals surface area contributed by atoms with Gasteiger partial charge in [-0.15, -0.1) is 0 Å². The minimum Gasteiger partial charge on any atom is -0.493 e. The van der Waals surface area contributed by atoms with E-state index in [1.54, 1.807) is 31.5 Å². The van der Waals surface area contributed by atoms with Crippen molar-refractivity contribution in [3.63, 3.8) is 0 Å². The zero-order chi connectivity index (χ0) is 17.1. The highest BCUT2D eigenvalue weighted by Gasteiger charge is 2.13. The van der Waals surface area contributed by atoms with E-state index >= 15 is 0 Å². The summed E-state index contributed by atoms with van der Waals surface area (Å²) in [6, 6.07) is 12.9. The van der Waals surface area contributed by atoms with Crippen LogP contribution in [0.15, 0.2) is 48.7 Å². The Morgan fingerprint density at radius 1 is 1.04 bits per heavy atom. The number of hydrogen-bond donors (Lipinski definition) is 1. The Morgan fingerprint density at radius 3 is 2.58 bits per heavy atom. The number of carbonyl (C=O) groups excluding carboxylic acids is 1. The number of rotatable bonds is 4. The molecule has 2 aromatic carbocycles. The SMILES string of the molecule is COc1ccc(C(=O)Nc2cc(C)cc3cccnc23)cc1OC. The largest absolute Gasteiger partial charge is 0.493 e. The van der Waals surface area contributed by atoms with Crippen LogP contribution >= 0.6 is 0 Å². The Hall–Kier alpha value is -3.08. The average Bonchev–Trinajstić information content (AvgIpc) is 2.60. The van der Waals surface area contributed by atoms with Crippen LogP contribution in [-0.4, -0.2) is 25.1 Å². The highest BCUT2D eigenvalue weighted by molar-refractivity contribution is 6.08. The third kappa shape index (κ3) is 3.01. The van der Waals surface area contributed by atoms with Gasteiger partial charge in [0.15, 0.2) is 11.5 Å². The first-order valence-corrected chi connectivity index (χ1v) is 7.51. The van der Waals surface area contributed by atoms with Gasteiger partial charge in [0.05, 0.1) is 25.4 Å². The predicted molar refractivity (Wildman–Crippen MR) is 94.0 cm³/mol. The molecule has 1 aromatic heterocycles. The van der Waals surface area contributed by atoms with Crippen molar-refractivity contribution in [2.24, 2.45) is 0 Å². The van der Waals surface area contributed by atoms with Crippen molar-refractivity contribution in [1.29, 1.82) is 0 Å². The fourth-order valence-electron chi connectivity index (χ4n) is 2.61. The summed E-state index contributed by atoms with van der Waals surface area (Å²) in [5, 5.41) is 3.92. The molecule has 5 nitrogen and oxygen atoms in total. The van der Waals surface area contributed by atoms with Crippen LogP contribution in [0.1, 0.15) is 15.9 Å². The van der Waals surface area contributed by atoms with E-state index in [4.69, 9.17) is 9.47 Å². The number of amides is 1. The molecule has 0 unspecified atom stereocenters. The second-order valence-corrected chi connectivity index (χ2v) is 5.41. The Balaban J connectivity index is 1.96. The van der Waals surface area contributed by atoms with Crippen LogP contribution in [-0.2, 0) is 0 Å². The predicted octanol–water partition coefficient (Wildman–Crippen LogP) is 3.81. The third-order valence-corrected chi connectivity index (χ3v) is 3.74. The summed E-state index contributed by atoms with van der Waals surface area (Å²) in [4.78, 5) is 17.0. The van der Waals surface area contributed by atoms with Crippen molar-refractivity contribution in [3.8, 4) is 11.5 Å². The monoisotopic (exact) mass is 322 g/mol. The van der Waals surface area contributed by atoms with Crippen molar-refractivity contribution in [2.45, 2.75) is 6.92 Å². The lowest BCUT2D eigenvalue weighted by atomic mass is 10.1. The van der Waals surface area contributed by atoms with Crippen LogP contribution in [0, 0.1) is 6.92 Å². The minimum atomic E-state index is -0.228. The number of aromatic nitrogens is 1. The molecule has 24 heavy (non-hydrogen) atoms. The van der Waals surface area contributed by atoms with Gasteiger partial charge in [-0.05, 0) is 48.9 Å². The summed E-state index contributed by atoms with van der Waals surface area (Å²) in [7, 11) is 3.10. The summed E-state index contributed by atoms with van der Waals surface area (Å²) in [5.41, 5.74) is 2.98. The molecule has 1 N–H and O–H groups in total. The summed E-state index contributed by atoms with van der Waals surface area (Å²) in [6.45, 7) is 1.98. The molecule has 0 bridgehead atoms. The number of aryl methyl sites for hydroxylation is 1.